The molecule has 0 aromatic heterocycles. The molecule has 1 fully saturated rings. The van der Waals surface area contributed by atoms with Crippen LogP contribution in [0.3, 0.4) is 0 Å². The van der Waals surface area contributed by atoms with E-state index in [1.165, 1.54) is 0 Å². The minimum atomic E-state index is 0.0847. The van der Waals surface area contributed by atoms with Gasteiger partial charge in [0.25, 0.3) is 0 Å². The fraction of sp³-hybridized carbons (Fsp3) is 0.667. The van der Waals surface area contributed by atoms with Crippen LogP contribution in [0.25, 0.3) is 0 Å². The lowest BCUT2D eigenvalue weighted by molar-refractivity contribution is 0.0421. The Morgan fingerprint density at radius 1 is 1.40 bits per heavy atom. The zero-order valence-corrected chi connectivity index (χ0v) is 9.26. The number of ether oxygens (including phenoxy) is 1. The molecule has 1 saturated heterocycles. The fourth-order valence-electron chi connectivity index (χ4n) is 2.10. The first-order chi connectivity index (χ1) is 7.27. The van der Waals surface area contributed by atoms with Crippen LogP contribution < -0.4 is 0 Å². The van der Waals surface area contributed by atoms with E-state index in [2.05, 4.69) is 11.0 Å². The van der Waals surface area contributed by atoms with Gasteiger partial charge in [0.05, 0.1) is 13.2 Å². The zero-order chi connectivity index (χ0) is 10.7. The second kappa shape index (κ2) is 4.90. The molecule has 0 unspecified atom stereocenters. The summed E-state index contributed by atoms with van der Waals surface area (Å²) in [6.45, 7) is 6.15. The summed E-state index contributed by atoms with van der Waals surface area (Å²) >= 11 is 0. The Labute approximate surface area is 90.4 Å². The topological polar surface area (TPSA) is 12.5 Å². The molecule has 2 aliphatic rings. The van der Waals surface area contributed by atoms with Crippen LogP contribution in [0, 0.1) is 0 Å². The highest BCUT2D eigenvalue weighted by atomic mass is 19.1. The van der Waals surface area contributed by atoms with Crippen molar-refractivity contribution in [1.82, 2.24) is 4.90 Å². The standard InChI is InChI=1S/C12H18FNO/c1-10-3-2-4-12(13)11(10)9-14-5-7-15-8-6-14/h3H,2,4-9H2,1H3. The Kier molecular flexibility index (Phi) is 3.54. The van der Waals surface area contributed by atoms with E-state index in [-0.39, 0.29) is 5.83 Å². The summed E-state index contributed by atoms with van der Waals surface area (Å²) in [5.74, 6) is 0.0847. The number of halogens is 1. The van der Waals surface area contributed by atoms with E-state index >= 15 is 0 Å². The summed E-state index contributed by atoms with van der Waals surface area (Å²) in [7, 11) is 0. The predicted octanol–water partition coefficient (Wildman–Crippen LogP) is 2.28. The Bertz CT molecular complexity index is 290. The lowest BCUT2D eigenvalue weighted by atomic mass is 9.97. The van der Waals surface area contributed by atoms with Gasteiger partial charge in [-0.25, -0.2) is 4.39 Å². The van der Waals surface area contributed by atoms with Crippen molar-refractivity contribution < 1.29 is 9.13 Å². The molecule has 0 bridgehead atoms. The number of allylic oxidation sites excluding steroid dienone is 2. The van der Waals surface area contributed by atoms with Crippen molar-refractivity contribution >= 4 is 0 Å². The molecule has 0 amide bonds. The molecule has 0 aromatic rings. The molecule has 0 atom stereocenters. The Morgan fingerprint density at radius 3 is 2.80 bits per heavy atom. The molecule has 2 rings (SSSR count). The van der Waals surface area contributed by atoms with Crippen LogP contribution in [0.15, 0.2) is 23.0 Å². The number of hydrogen-bond acceptors (Lipinski definition) is 2. The molecule has 0 aromatic carbocycles. The summed E-state index contributed by atoms with van der Waals surface area (Å²) in [5, 5.41) is 0. The van der Waals surface area contributed by atoms with Crippen LogP contribution in [0.1, 0.15) is 19.8 Å². The Morgan fingerprint density at radius 2 is 2.13 bits per heavy atom. The first-order valence-corrected chi connectivity index (χ1v) is 5.62. The fourth-order valence-corrected chi connectivity index (χ4v) is 2.10. The highest BCUT2D eigenvalue weighted by Gasteiger charge is 2.18. The van der Waals surface area contributed by atoms with Gasteiger partial charge in [0.2, 0.25) is 0 Å². The van der Waals surface area contributed by atoms with Gasteiger partial charge in [-0.05, 0) is 18.9 Å². The van der Waals surface area contributed by atoms with Crippen LogP contribution in [0.5, 0.6) is 0 Å². The van der Waals surface area contributed by atoms with Crippen molar-refractivity contribution in [3.8, 4) is 0 Å². The van der Waals surface area contributed by atoms with Gasteiger partial charge >= 0.3 is 0 Å². The second-order valence-corrected chi connectivity index (χ2v) is 4.20. The van der Waals surface area contributed by atoms with Crippen LogP contribution >= 0.6 is 0 Å². The Balaban J connectivity index is 2.00. The van der Waals surface area contributed by atoms with Gasteiger partial charge in [-0.1, -0.05) is 6.08 Å². The van der Waals surface area contributed by atoms with E-state index in [9.17, 15) is 4.39 Å². The molecular weight excluding hydrogens is 193 g/mol. The van der Waals surface area contributed by atoms with Crippen LogP contribution in [0.4, 0.5) is 4.39 Å². The second-order valence-electron chi connectivity index (χ2n) is 4.20. The molecule has 3 heteroatoms. The van der Waals surface area contributed by atoms with E-state index in [0.29, 0.717) is 6.42 Å². The third-order valence-electron chi connectivity index (χ3n) is 3.10. The van der Waals surface area contributed by atoms with Crippen LogP contribution in [0.2, 0.25) is 0 Å². The summed E-state index contributed by atoms with van der Waals surface area (Å²) < 4.78 is 18.9. The molecule has 0 N–H and O–H groups in total. The molecule has 1 aliphatic carbocycles. The summed E-state index contributed by atoms with van der Waals surface area (Å²) in [6, 6.07) is 0. The first kappa shape index (κ1) is 10.8. The minimum absolute atomic E-state index is 0.0847. The van der Waals surface area contributed by atoms with Crippen molar-refractivity contribution in [1.29, 1.82) is 0 Å². The van der Waals surface area contributed by atoms with Gasteiger partial charge in [-0.2, -0.15) is 0 Å². The maximum Gasteiger partial charge on any atom is 0.105 e. The van der Waals surface area contributed by atoms with Gasteiger partial charge in [0, 0.05) is 31.6 Å². The number of rotatable bonds is 2. The molecule has 0 spiro atoms. The molecule has 15 heavy (non-hydrogen) atoms. The minimum Gasteiger partial charge on any atom is -0.379 e. The monoisotopic (exact) mass is 211 g/mol. The quantitative estimate of drug-likeness (QED) is 0.695. The van der Waals surface area contributed by atoms with Crippen molar-refractivity contribution in [2.75, 3.05) is 32.8 Å². The van der Waals surface area contributed by atoms with Gasteiger partial charge in [-0.15, -0.1) is 0 Å². The maximum atomic E-state index is 13.6. The van der Waals surface area contributed by atoms with Gasteiger partial charge in [0.1, 0.15) is 5.83 Å². The van der Waals surface area contributed by atoms with Gasteiger partial charge in [0.15, 0.2) is 0 Å². The third kappa shape index (κ3) is 2.67. The van der Waals surface area contributed by atoms with E-state index in [0.717, 1.165) is 50.4 Å². The van der Waals surface area contributed by atoms with Crippen molar-refractivity contribution in [2.45, 2.75) is 19.8 Å². The SMILES string of the molecule is CC1=CCCC(F)=C1CN1CCOCC1. The van der Waals surface area contributed by atoms with Crippen molar-refractivity contribution in [2.24, 2.45) is 0 Å². The first-order valence-electron chi connectivity index (χ1n) is 5.62. The zero-order valence-electron chi connectivity index (χ0n) is 9.26. The lowest BCUT2D eigenvalue weighted by Crippen LogP contribution is -2.37. The lowest BCUT2D eigenvalue weighted by Gasteiger charge is -2.28. The molecule has 1 heterocycles. The number of hydrogen-bond donors (Lipinski definition) is 0. The number of morpholine rings is 1. The van der Waals surface area contributed by atoms with Crippen LogP contribution in [-0.2, 0) is 4.74 Å². The van der Waals surface area contributed by atoms with Crippen LogP contribution in [-0.4, -0.2) is 37.7 Å². The van der Waals surface area contributed by atoms with E-state index in [1.807, 2.05) is 6.92 Å². The number of nitrogens with zero attached hydrogens (tertiary/aromatic N) is 1. The highest BCUT2D eigenvalue weighted by molar-refractivity contribution is 5.35. The van der Waals surface area contributed by atoms with Crippen molar-refractivity contribution in [3.63, 3.8) is 0 Å². The summed E-state index contributed by atoms with van der Waals surface area (Å²) in [4.78, 5) is 2.26. The average molecular weight is 211 g/mol. The summed E-state index contributed by atoms with van der Waals surface area (Å²) in [5.41, 5.74) is 2.02. The smallest absolute Gasteiger partial charge is 0.105 e. The maximum absolute atomic E-state index is 13.6. The Hall–Kier alpha value is -0.670. The largest absolute Gasteiger partial charge is 0.379 e. The van der Waals surface area contributed by atoms with Crippen molar-refractivity contribution in [3.05, 3.63) is 23.0 Å². The van der Waals surface area contributed by atoms with E-state index in [1.54, 1.807) is 0 Å². The van der Waals surface area contributed by atoms with Gasteiger partial charge < -0.3 is 4.74 Å². The molecule has 1 aliphatic heterocycles. The third-order valence-corrected chi connectivity index (χ3v) is 3.10. The van der Waals surface area contributed by atoms with E-state index in [4.69, 9.17) is 4.74 Å². The molecule has 0 saturated carbocycles. The molecule has 84 valence electrons. The molecule has 0 radical (unpaired) electrons. The van der Waals surface area contributed by atoms with E-state index < -0.39 is 0 Å². The van der Waals surface area contributed by atoms with Gasteiger partial charge in [-0.3, -0.25) is 4.90 Å². The average Bonchev–Trinajstić information content (AvgIpc) is 2.25. The molecule has 2 nitrogen and oxygen atoms in total. The highest BCUT2D eigenvalue weighted by Crippen LogP contribution is 2.26. The normalized spacial score (nSPS) is 24.3. The predicted molar refractivity (Wildman–Crippen MR) is 58.4 cm³/mol. The molecular formula is C12H18FNO. The summed E-state index contributed by atoms with van der Waals surface area (Å²) in [6.07, 6.45) is 3.57.